The maximum atomic E-state index is 13.0. The zero-order chi connectivity index (χ0) is 25.1. The molecular weight excluding hydrogens is 494 g/mol. The van der Waals surface area contributed by atoms with Crippen LogP contribution < -0.4 is 20.7 Å². The second-order valence-corrected chi connectivity index (χ2v) is 9.54. The van der Waals surface area contributed by atoms with Crippen LogP contribution in [-0.4, -0.2) is 61.5 Å². The molecule has 184 valence electrons. The van der Waals surface area contributed by atoms with Crippen LogP contribution in [0.1, 0.15) is 25.2 Å². The van der Waals surface area contributed by atoms with Crippen LogP contribution in [0.15, 0.2) is 41.0 Å². The van der Waals surface area contributed by atoms with Gasteiger partial charge in [0.1, 0.15) is 18.0 Å². The Bertz CT molecular complexity index is 1230. The van der Waals surface area contributed by atoms with E-state index >= 15 is 0 Å². The van der Waals surface area contributed by atoms with Crippen LogP contribution in [0.25, 0.3) is 0 Å². The van der Waals surface area contributed by atoms with Gasteiger partial charge in [-0.05, 0) is 19.4 Å². The highest BCUT2D eigenvalue weighted by atomic mass is 32.2. The Morgan fingerprint density at radius 2 is 2.23 bits per heavy atom. The van der Waals surface area contributed by atoms with Crippen LogP contribution in [0.5, 0.6) is 0 Å². The van der Waals surface area contributed by atoms with Gasteiger partial charge in [-0.2, -0.15) is 9.36 Å². The molecule has 35 heavy (non-hydrogen) atoms. The van der Waals surface area contributed by atoms with Crippen molar-refractivity contribution in [1.29, 1.82) is 0 Å². The molecule has 1 saturated heterocycles. The third kappa shape index (κ3) is 4.98. The zero-order valence-corrected chi connectivity index (χ0v) is 20.6. The number of carboxylic acids is 1. The molecule has 2 aromatic heterocycles. The molecule has 1 fully saturated rings. The molecule has 14 heteroatoms. The maximum Gasteiger partial charge on any atom is 0.278 e. The number of thioether (sulfide) groups is 1. The summed E-state index contributed by atoms with van der Waals surface area (Å²) >= 11 is 2.25. The van der Waals surface area contributed by atoms with Crippen molar-refractivity contribution in [3.05, 3.63) is 47.2 Å². The number of nitrogens with zero attached hydrogens (tertiary/aromatic N) is 5. The number of carbonyl (C=O) groups is 3. The Balaban J connectivity index is 1.53. The monoisotopic (exact) mass is 517 g/mol. The normalized spacial score (nSPS) is 19.8. The maximum absolute atomic E-state index is 13.0. The van der Waals surface area contributed by atoms with E-state index in [1.54, 1.807) is 6.92 Å². The highest BCUT2D eigenvalue weighted by molar-refractivity contribution is 8.00. The number of nitrogens with two attached hydrogens (primary N) is 1. The number of pyridine rings is 1. The van der Waals surface area contributed by atoms with E-state index in [0.29, 0.717) is 17.9 Å². The van der Waals surface area contributed by atoms with Crippen molar-refractivity contribution in [2.24, 2.45) is 5.16 Å². The number of carbonyl (C=O) groups excluding carboxylic acids is 3. The van der Waals surface area contributed by atoms with Crippen molar-refractivity contribution in [2.75, 3.05) is 18.1 Å². The minimum absolute atomic E-state index is 0.0256. The van der Waals surface area contributed by atoms with E-state index in [-0.39, 0.29) is 29.0 Å². The van der Waals surface area contributed by atoms with Crippen LogP contribution in [0.2, 0.25) is 0 Å². The van der Waals surface area contributed by atoms with E-state index < -0.39 is 29.2 Å². The molecule has 2 aliphatic heterocycles. The van der Waals surface area contributed by atoms with Crippen LogP contribution in [0, 0.1) is 0 Å². The number of aromatic nitrogens is 3. The fourth-order valence-electron chi connectivity index (χ4n) is 3.75. The molecule has 12 nitrogen and oxygen atoms in total. The Morgan fingerprint density at radius 1 is 1.43 bits per heavy atom. The second kappa shape index (κ2) is 10.4. The lowest BCUT2D eigenvalue weighted by molar-refractivity contribution is -0.689. The smallest absolute Gasteiger partial charge is 0.278 e. The molecule has 0 aliphatic carbocycles. The Kier molecular flexibility index (Phi) is 7.31. The zero-order valence-electron chi connectivity index (χ0n) is 19.0. The molecule has 0 saturated carbocycles. The number of fused-ring (bicyclic) bond motifs is 1. The van der Waals surface area contributed by atoms with Gasteiger partial charge in [0, 0.05) is 34.5 Å². The first-order valence-electron chi connectivity index (χ1n) is 10.8. The van der Waals surface area contributed by atoms with E-state index in [1.807, 2.05) is 36.0 Å². The molecule has 2 aromatic rings. The largest absolute Gasteiger partial charge is 0.543 e. The number of amides is 2. The van der Waals surface area contributed by atoms with E-state index in [0.717, 1.165) is 23.5 Å². The average molecular weight is 518 g/mol. The van der Waals surface area contributed by atoms with Crippen molar-refractivity contribution in [3.63, 3.8) is 0 Å². The lowest BCUT2D eigenvalue weighted by Gasteiger charge is -2.50. The van der Waals surface area contributed by atoms with Gasteiger partial charge in [-0.1, -0.05) is 12.1 Å². The number of aliphatic carboxylic acids is 1. The van der Waals surface area contributed by atoms with E-state index in [9.17, 15) is 19.5 Å². The van der Waals surface area contributed by atoms with Crippen molar-refractivity contribution >= 4 is 51.9 Å². The first-order valence-corrected chi connectivity index (χ1v) is 12.6. The molecule has 2 amide bonds. The number of oxime groups is 1. The third-order valence-electron chi connectivity index (χ3n) is 5.38. The number of hydrogen-bond donors (Lipinski definition) is 2. The summed E-state index contributed by atoms with van der Waals surface area (Å²) in [5.41, 5.74) is 6.89. The fraction of sp³-hybridized carbons (Fsp3) is 0.381. The highest BCUT2D eigenvalue weighted by Gasteiger charge is 2.53. The third-order valence-corrected chi connectivity index (χ3v) is 7.26. The standard InChI is InChI=1S/C21H23N7O5S2/c1-3-11-6-5-7-27(8-11)9-12-10-34-19-14(18(30)28(19)15(12)20(31)32)23-17(29)13(25-33-4-2)16-24-21(22)35-26-16/h5-8,14,19H,3-4,9-10H2,1-2H3,(H3-,22,23,24,26,29,31,32)/t14?,19-/m0/s1. The first-order chi connectivity index (χ1) is 16.8. The number of aryl methyl sites for hydroxylation is 1. The van der Waals surface area contributed by atoms with Crippen molar-refractivity contribution in [3.8, 4) is 0 Å². The van der Waals surface area contributed by atoms with Gasteiger partial charge >= 0.3 is 0 Å². The van der Waals surface area contributed by atoms with E-state index in [4.69, 9.17) is 10.6 Å². The van der Waals surface area contributed by atoms with Crippen LogP contribution in [0.4, 0.5) is 5.13 Å². The minimum Gasteiger partial charge on any atom is -0.543 e. The molecule has 3 N–H and O–H groups in total. The summed E-state index contributed by atoms with van der Waals surface area (Å²) in [6.45, 7) is 4.23. The van der Waals surface area contributed by atoms with Crippen molar-refractivity contribution in [2.45, 2.75) is 38.2 Å². The predicted octanol–water partition coefficient (Wildman–Crippen LogP) is -1.19. The van der Waals surface area contributed by atoms with Gasteiger partial charge in [-0.3, -0.25) is 14.5 Å². The number of nitrogen functional groups attached to an aromatic ring is 1. The second-order valence-electron chi connectivity index (χ2n) is 7.65. The summed E-state index contributed by atoms with van der Waals surface area (Å²) in [4.78, 5) is 48.0. The molecule has 0 spiro atoms. The molecule has 4 rings (SSSR count). The van der Waals surface area contributed by atoms with Gasteiger partial charge < -0.3 is 25.8 Å². The summed E-state index contributed by atoms with van der Waals surface area (Å²) in [5.74, 6) is -2.39. The molecule has 4 heterocycles. The number of hydrogen-bond acceptors (Lipinski definition) is 11. The predicted molar refractivity (Wildman–Crippen MR) is 126 cm³/mol. The van der Waals surface area contributed by atoms with Gasteiger partial charge in [0.05, 0.1) is 11.7 Å². The van der Waals surface area contributed by atoms with Gasteiger partial charge in [0.2, 0.25) is 11.5 Å². The Hall–Kier alpha value is -3.52. The molecular formula is C21H23N7O5S2. The van der Waals surface area contributed by atoms with Crippen LogP contribution in [0.3, 0.4) is 0 Å². The number of β-lactam (4-membered cyclic amide) rings is 1. The van der Waals surface area contributed by atoms with Crippen LogP contribution in [-0.2, 0) is 32.2 Å². The molecule has 0 bridgehead atoms. The van der Waals surface area contributed by atoms with Gasteiger partial charge in [0.25, 0.3) is 11.8 Å². The lowest BCUT2D eigenvalue weighted by Crippen LogP contribution is -2.71. The van der Waals surface area contributed by atoms with Crippen molar-refractivity contribution < 1.29 is 28.9 Å². The van der Waals surface area contributed by atoms with Crippen molar-refractivity contribution in [1.82, 2.24) is 19.6 Å². The molecule has 1 unspecified atom stereocenters. The number of carboxylic acid groups (broad SMARTS) is 1. The Labute approximate surface area is 209 Å². The summed E-state index contributed by atoms with van der Waals surface area (Å²) in [7, 11) is 0. The highest BCUT2D eigenvalue weighted by Crippen LogP contribution is 2.40. The molecule has 0 radical (unpaired) electrons. The Morgan fingerprint density at radius 3 is 2.89 bits per heavy atom. The molecule has 2 aliphatic rings. The van der Waals surface area contributed by atoms with Gasteiger partial charge in [0.15, 0.2) is 24.1 Å². The summed E-state index contributed by atoms with van der Waals surface area (Å²) in [6.07, 6.45) is 4.62. The fourth-order valence-corrected chi connectivity index (χ4v) is 5.52. The van der Waals surface area contributed by atoms with Crippen LogP contribution >= 0.6 is 23.3 Å². The van der Waals surface area contributed by atoms with Gasteiger partial charge in [-0.15, -0.1) is 11.8 Å². The average Bonchev–Trinajstić information content (AvgIpc) is 3.28. The SMILES string of the molecule is CCON=C(C(=O)NC1C(=O)N2C(C(=O)[O-])=C(C[n+]3cccc(CC)c3)CS[C@@H]12)c1nsc(N)n1. The number of rotatable bonds is 9. The molecule has 0 aromatic carbocycles. The van der Waals surface area contributed by atoms with Gasteiger partial charge in [-0.25, -0.2) is 4.57 Å². The molecule has 2 atom stereocenters. The number of anilines is 1. The minimum atomic E-state index is -1.43. The van der Waals surface area contributed by atoms with E-state index in [1.165, 1.54) is 16.7 Å². The van der Waals surface area contributed by atoms with E-state index in [2.05, 4.69) is 19.8 Å². The summed E-state index contributed by atoms with van der Waals surface area (Å²) < 4.78 is 5.86. The lowest BCUT2D eigenvalue weighted by atomic mass is 10.0. The summed E-state index contributed by atoms with van der Waals surface area (Å²) in [5, 5.41) is 17.9. The number of nitrogens with one attached hydrogen (secondary N) is 1. The quantitative estimate of drug-likeness (QED) is 0.180. The topological polar surface area (TPSA) is 167 Å². The first kappa shape index (κ1) is 24.6. The summed E-state index contributed by atoms with van der Waals surface area (Å²) in [6, 6.07) is 2.92.